The molecule has 0 bridgehead atoms. The normalized spacial score (nSPS) is 26.5. The number of nitrogens with one attached hydrogen (secondary N) is 4. The molecule has 0 aliphatic carbocycles. The van der Waals surface area contributed by atoms with Crippen molar-refractivity contribution in [3.63, 3.8) is 0 Å². The molecule has 2 unspecified atom stereocenters. The van der Waals surface area contributed by atoms with E-state index in [-0.39, 0.29) is 11.9 Å². The first-order valence-electron chi connectivity index (χ1n) is 12.9. The van der Waals surface area contributed by atoms with Gasteiger partial charge in [0.25, 0.3) is 0 Å². The van der Waals surface area contributed by atoms with Crippen LogP contribution in [0.1, 0.15) is 71.4 Å². The molecule has 0 aromatic heterocycles. The highest BCUT2D eigenvalue weighted by Gasteiger charge is 2.18. The van der Waals surface area contributed by atoms with Gasteiger partial charge in [-0.05, 0) is 62.5 Å². The first-order valence-corrected chi connectivity index (χ1v) is 12.9. The highest BCUT2D eigenvalue weighted by molar-refractivity contribution is 5.81. The van der Waals surface area contributed by atoms with Crippen molar-refractivity contribution in [3.05, 3.63) is 58.9 Å². The maximum Gasteiger partial charge on any atom is 0.242 e. The quantitative estimate of drug-likeness (QED) is 0.545. The number of hydrogen-bond acceptors (Lipinski definition) is 4. The van der Waals surface area contributed by atoms with Crippen molar-refractivity contribution in [2.45, 2.75) is 85.2 Å². The fourth-order valence-corrected chi connectivity index (χ4v) is 4.27. The predicted molar refractivity (Wildman–Crippen MR) is 140 cm³/mol. The molecule has 0 radical (unpaired) electrons. The molecule has 5 nitrogen and oxygen atoms in total. The molecule has 1 aliphatic rings. The number of carbonyl (C=O) groups excluding carboxylic acids is 1. The average Bonchev–Trinajstić information content (AvgIpc) is 2.81. The molecule has 184 valence electrons. The molecule has 1 amide bonds. The first kappa shape index (κ1) is 27.0. The highest BCUT2D eigenvalue weighted by Crippen LogP contribution is 2.17. The van der Waals surface area contributed by atoms with Crippen molar-refractivity contribution in [2.24, 2.45) is 5.92 Å². The second kappa shape index (κ2) is 14.8. The largest absolute Gasteiger partial charge is 0.382 e. The summed E-state index contributed by atoms with van der Waals surface area (Å²) >= 11 is 0. The fraction of sp³-hybridized carbons (Fsp3) is 0.607. The van der Waals surface area contributed by atoms with Crippen LogP contribution in [0.2, 0.25) is 0 Å². The molecule has 1 aromatic rings. The van der Waals surface area contributed by atoms with Crippen molar-refractivity contribution in [3.8, 4) is 0 Å². The van der Waals surface area contributed by atoms with E-state index < -0.39 is 0 Å². The van der Waals surface area contributed by atoms with Gasteiger partial charge in [-0.3, -0.25) is 4.79 Å². The standard InChI is InChI=1S/C28H46N4O/c1-6-11-25-19-29-22(5)15-16-23-13-9-10-14-24(23)17-21(4)18-31-28(33)27(8-3)32-26(12-7-2)20-30-25/h9-14,21-22,27,29-30,32H,6-8,15-20H2,1-5H3,(H,31,33)/b25-11?,26-12+/t21?,22-,27?/m0/s1. The van der Waals surface area contributed by atoms with Crippen LogP contribution in [0.15, 0.2) is 47.8 Å². The minimum Gasteiger partial charge on any atom is -0.382 e. The summed E-state index contributed by atoms with van der Waals surface area (Å²) in [6.07, 6.45) is 10.3. The lowest BCUT2D eigenvalue weighted by Gasteiger charge is -2.24. The van der Waals surface area contributed by atoms with E-state index in [4.69, 9.17) is 0 Å². The van der Waals surface area contributed by atoms with Gasteiger partial charge in [0.1, 0.15) is 6.04 Å². The van der Waals surface area contributed by atoms with Gasteiger partial charge >= 0.3 is 0 Å². The third kappa shape index (κ3) is 9.63. The summed E-state index contributed by atoms with van der Waals surface area (Å²) in [5.41, 5.74) is 5.12. The third-order valence-electron chi connectivity index (χ3n) is 6.29. The van der Waals surface area contributed by atoms with Gasteiger partial charge in [0.15, 0.2) is 0 Å². The zero-order valence-corrected chi connectivity index (χ0v) is 21.5. The van der Waals surface area contributed by atoms with Gasteiger partial charge in [-0.25, -0.2) is 0 Å². The third-order valence-corrected chi connectivity index (χ3v) is 6.29. The van der Waals surface area contributed by atoms with E-state index in [1.165, 1.54) is 16.8 Å². The van der Waals surface area contributed by atoms with Gasteiger partial charge in [0, 0.05) is 30.5 Å². The molecule has 5 heteroatoms. The Morgan fingerprint density at radius 2 is 1.64 bits per heavy atom. The second-order valence-corrected chi connectivity index (χ2v) is 9.38. The Morgan fingerprint density at radius 1 is 0.939 bits per heavy atom. The summed E-state index contributed by atoms with van der Waals surface area (Å²) in [6.45, 7) is 13.1. The summed E-state index contributed by atoms with van der Waals surface area (Å²) < 4.78 is 0. The number of rotatable bonds is 3. The number of hydrogen-bond donors (Lipinski definition) is 4. The van der Waals surface area contributed by atoms with Crippen LogP contribution in [0.4, 0.5) is 0 Å². The molecular formula is C28H46N4O. The van der Waals surface area contributed by atoms with E-state index in [1.807, 2.05) is 0 Å². The van der Waals surface area contributed by atoms with Crippen LogP contribution in [0.25, 0.3) is 0 Å². The lowest BCUT2D eigenvalue weighted by atomic mass is 9.93. The molecule has 1 heterocycles. The van der Waals surface area contributed by atoms with Crippen molar-refractivity contribution in [2.75, 3.05) is 19.6 Å². The van der Waals surface area contributed by atoms with E-state index in [1.54, 1.807) is 0 Å². The lowest BCUT2D eigenvalue weighted by Crippen LogP contribution is -2.46. The van der Waals surface area contributed by atoms with Gasteiger partial charge in [-0.1, -0.05) is 64.1 Å². The summed E-state index contributed by atoms with van der Waals surface area (Å²) in [4.78, 5) is 12.9. The Labute approximate surface area is 201 Å². The van der Waals surface area contributed by atoms with Crippen LogP contribution in [0.5, 0.6) is 0 Å². The smallest absolute Gasteiger partial charge is 0.242 e. The minimum absolute atomic E-state index is 0.0839. The Hall–Kier alpha value is -2.27. The summed E-state index contributed by atoms with van der Waals surface area (Å²) in [5.74, 6) is 0.469. The van der Waals surface area contributed by atoms with Crippen molar-refractivity contribution in [1.29, 1.82) is 0 Å². The number of benzene rings is 1. The van der Waals surface area contributed by atoms with Gasteiger partial charge < -0.3 is 21.3 Å². The second-order valence-electron chi connectivity index (χ2n) is 9.38. The Morgan fingerprint density at radius 3 is 2.33 bits per heavy atom. The molecule has 0 saturated carbocycles. The van der Waals surface area contributed by atoms with Crippen LogP contribution in [-0.2, 0) is 17.6 Å². The predicted octanol–water partition coefficient (Wildman–Crippen LogP) is 4.45. The van der Waals surface area contributed by atoms with E-state index in [0.29, 0.717) is 25.0 Å². The number of fused-ring (bicyclic) bond motifs is 1. The monoisotopic (exact) mass is 454 g/mol. The van der Waals surface area contributed by atoms with Gasteiger partial charge in [0.2, 0.25) is 5.91 Å². The van der Waals surface area contributed by atoms with Crippen LogP contribution in [-0.4, -0.2) is 37.6 Å². The van der Waals surface area contributed by atoms with Crippen molar-refractivity contribution >= 4 is 5.91 Å². The van der Waals surface area contributed by atoms with E-state index in [9.17, 15) is 4.79 Å². The van der Waals surface area contributed by atoms with Crippen LogP contribution < -0.4 is 21.3 Å². The maximum atomic E-state index is 12.9. The van der Waals surface area contributed by atoms with E-state index in [2.05, 4.69) is 92.3 Å². The highest BCUT2D eigenvalue weighted by atomic mass is 16.2. The van der Waals surface area contributed by atoms with Gasteiger partial charge in [0.05, 0.1) is 6.54 Å². The zero-order valence-electron chi connectivity index (χ0n) is 21.5. The fourth-order valence-electron chi connectivity index (χ4n) is 4.27. The Balaban J connectivity index is 2.22. The minimum atomic E-state index is -0.222. The van der Waals surface area contributed by atoms with Gasteiger partial charge in [-0.15, -0.1) is 0 Å². The maximum absolute atomic E-state index is 12.9. The summed E-state index contributed by atoms with van der Waals surface area (Å²) in [5, 5.41) is 14.0. The number of aryl methyl sites for hydroxylation is 1. The summed E-state index contributed by atoms with van der Waals surface area (Å²) in [6, 6.07) is 8.98. The summed E-state index contributed by atoms with van der Waals surface area (Å²) in [7, 11) is 0. The van der Waals surface area contributed by atoms with E-state index in [0.717, 1.165) is 50.8 Å². The molecule has 4 N–H and O–H groups in total. The zero-order chi connectivity index (χ0) is 24.1. The number of allylic oxidation sites excluding steroid dienone is 2. The molecule has 1 aromatic carbocycles. The number of amides is 1. The molecule has 0 spiro atoms. The molecule has 33 heavy (non-hydrogen) atoms. The average molecular weight is 455 g/mol. The van der Waals surface area contributed by atoms with Crippen LogP contribution >= 0.6 is 0 Å². The van der Waals surface area contributed by atoms with Crippen molar-refractivity contribution in [1.82, 2.24) is 21.3 Å². The lowest BCUT2D eigenvalue weighted by molar-refractivity contribution is -0.123. The Kier molecular flexibility index (Phi) is 12.1. The van der Waals surface area contributed by atoms with Gasteiger partial charge in [-0.2, -0.15) is 0 Å². The molecule has 2 rings (SSSR count). The molecule has 1 aliphatic heterocycles. The SMILES string of the molecule is CCC=C1CN[C@@H](C)CCc2ccccc2CC(C)CNC(=O)C(CC)N/C(=C/CC)CN1. The van der Waals surface area contributed by atoms with Crippen LogP contribution in [0, 0.1) is 5.92 Å². The van der Waals surface area contributed by atoms with Crippen LogP contribution in [0.3, 0.4) is 0 Å². The molecule has 3 atom stereocenters. The molecular weight excluding hydrogens is 408 g/mol. The molecule has 0 fully saturated rings. The van der Waals surface area contributed by atoms with E-state index >= 15 is 0 Å². The van der Waals surface area contributed by atoms with Crippen molar-refractivity contribution < 1.29 is 4.79 Å². The first-order chi connectivity index (χ1) is 16.0. The molecule has 0 saturated heterocycles. The topological polar surface area (TPSA) is 65.2 Å². The number of carbonyl (C=O) groups is 1. The Bertz CT molecular complexity index is 786.